The number of halogens is 1. The summed E-state index contributed by atoms with van der Waals surface area (Å²) in [6.45, 7) is 9.00. The molecule has 0 bridgehead atoms. The fourth-order valence-corrected chi connectivity index (χ4v) is 8.48. The number of aryl methyl sites for hydroxylation is 3. The molecule has 0 fully saturated rings. The molecule has 1 atom stereocenters. The maximum Gasteiger partial charge on any atom is 0.281 e. The third-order valence-electron chi connectivity index (χ3n) is 8.05. The van der Waals surface area contributed by atoms with E-state index in [1.165, 1.54) is 29.2 Å². The first-order chi connectivity index (χ1) is 21.2. The van der Waals surface area contributed by atoms with Crippen LogP contribution in [0.3, 0.4) is 0 Å². The topological polar surface area (TPSA) is 122 Å². The molecular weight excluding hydrogens is 597 g/mol. The molecule has 0 saturated carbocycles. The SMILES string of the molecule is Cc1ccc(COc2ccc(C3C4=C(CC(C)(C)CS4(=O)=O)Nc4c(O)cccc4N3C(=O)c3nc(C)oc3C)c(F)c2)cc1. The number of benzene rings is 3. The third-order valence-corrected chi connectivity index (χ3v) is 10.3. The van der Waals surface area contributed by atoms with Crippen molar-refractivity contribution in [2.45, 2.75) is 53.7 Å². The Morgan fingerprint density at radius 3 is 2.53 bits per heavy atom. The maximum absolute atomic E-state index is 16.3. The smallest absolute Gasteiger partial charge is 0.281 e. The number of aromatic hydroxyl groups is 1. The number of anilines is 2. The van der Waals surface area contributed by atoms with Gasteiger partial charge in [0.2, 0.25) is 0 Å². The lowest BCUT2D eigenvalue weighted by Crippen LogP contribution is -2.41. The van der Waals surface area contributed by atoms with Crippen LogP contribution in [0, 0.1) is 32.0 Å². The van der Waals surface area contributed by atoms with Gasteiger partial charge in [-0.05, 0) is 55.5 Å². The Balaban J connectivity index is 1.55. The summed E-state index contributed by atoms with van der Waals surface area (Å²) in [6, 6.07) is 15.1. The van der Waals surface area contributed by atoms with Crippen LogP contribution in [0.5, 0.6) is 11.5 Å². The molecule has 9 nitrogen and oxygen atoms in total. The molecule has 2 aliphatic rings. The van der Waals surface area contributed by atoms with Crippen LogP contribution in [0.25, 0.3) is 0 Å². The van der Waals surface area contributed by atoms with Crippen molar-refractivity contribution in [1.82, 2.24) is 4.98 Å². The van der Waals surface area contributed by atoms with Gasteiger partial charge in [0, 0.05) is 24.3 Å². The number of allylic oxidation sites excluding steroid dienone is 1. The standard InChI is InChI=1S/C34H34FN3O6S/c1-19-9-11-22(12-10-19)17-43-23-13-14-24(25(35)15-23)31-32-26(16-34(4,5)18-45(32,41)42)37-30-27(7-6-8-28(30)39)38(31)33(40)29-20(2)44-21(3)36-29/h6-15,31,37,39H,16-18H2,1-5H3. The summed E-state index contributed by atoms with van der Waals surface area (Å²) in [5, 5.41) is 14.1. The number of carbonyl (C=O) groups excluding carboxylic acids is 1. The van der Waals surface area contributed by atoms with Crippen LogP contribution in [-0.2, 0) is 16.4 Å². The van der Waals surface area contributed by atoms with Gasteiger partial charge in [-0.2, -0.15) is 0 Å². The molecule has 6 rings (SSSR count). The van der Waals surface area contributed by atoms with Crippen LogP contribution >= 0.6 is 0 Å². The van der Waals surface area contributed by atoms with Crippen molar-refractivity contribution in [3.8, 4) is 11.5 Å². The van der Waals surface area contributed by atoms with Crippen molar-refractivity contribution in [3.05, 3.63) is 111 Å². The average molecular weight is 632 g/mol. The molecule has 2 N–H and O–H groups in total. The third kappa shape index (κ3) is 5.68. The molecule has 1 unspecified atom stereocenters. The minimum Gasteiger partial charge on any atom is -0.506 e. The van der Waals surface area contributed by atoms with Crippen molar-refractivity contribution in [2.24, 2.45) is 5.41 Å². The molecule has 0 radical (unpaired) electrons. The van der Waals surface area contributed by atoms with Crippen LogP contribution in [0.1, 0.15) is 65.1 Å². The number of aromatic nitrogens is 1. The van der Waals surface area contributed by atoms with Gasteiger partial charge in [0.05, 0.1) is 16.3 Å². The number of sulfone groups is 1. The number of hydrogen-bond acceptors (Lipinski definition) is 8. The monoisotopic (exact) mass is 631 g/mol. The van der Waals surface area contributed by atoms with Gasteiger partial charge in [-0.15, -0.1) is 0 Å². The largest absolute Gasteiger partial charge is 0.506 e. The average Bonchev–Trinajstić information content (AvgIpc) is 3.21. The Kier molecular flexibility index (Phi) is 7.47. The van der Waals surface area contributed by atoms with Crippen LogP contribution < -0.4 is 15.0 Å². The molecule has 1 aromatic heterocycles. The maximum atomic E-state index is 16.3. The molecule has 11 heteroatoms. The molecule has 2 aliphatic heterocycles. The predicted molar refractivity (Wildman–Crippen MR) is 168 cm³/mol. The number of amides is 1. The number of nitrogens with zero attached hydrogens (tertiary/aromatic N) is 2. The van der Waals surface area contributed by atoms with E-state index >= 15 is 4.39 Å². The second-order valence-electron chi connectivity index (χ2n) is 12.4. The predicted octanol–water partition coefficient (Wildman–Crippen LogP) is 6.89. The van der Waals surface area contributed by atoms with Gasteiger partial charge >= 0.3 is 0 Å². The number of ether oxygens (including phenoxy) is 1. The zero-order chi connectivity index (χ0) is 32.3. The van der Waals surface area contributed by atoms with Gasteiger partial charge in [-0.1, -0.05) is 49.7 Å². The van der Waals surface area contributed by atoms with Crippen LogP contribution in [0.4, 0.5) is 15.8 Å². The molecule has 3 heterocycles. The molecule has 0 spiro atoms. The lowest BCUT2D eigenvalue weighted by Gasteiger charge is -2.37. The van der Waals surface area contributed by atoms with Gasteiger partial charge in [0.15, 0.2) is 21.4 Å². The number of fused-ring (bicyclic) bond motifs is 1. The Morgan fingerprint density at radius 2 is 1.87 bits per heavy atom. The fourth-order valence-electron chi connectivity index (χ4n) is 6.12. The second-order valence-corrected chi connectivity index (χ2v) is 14.4. The Bertz CT molecular complexity index is 1960. The zero-order valence-corrected chi connectivity index (χ0v) is 26.5. The van der Waals surface area contributed by atoms with E-state index in [1.54, 1.807) is 26.0 Å². The molecule has 0 saturated heterocycles. The number of phenolic OH excluding ortho intramolecular Hbond substituents is 1. The number of para-hydroxylation sites is 1. The minimum atomic E-state index is -4.07. The Labute approximate surface area is 261 Å². The number of rotatable bonds is 5. The highest BCUT2D eigenvalue weighted by Gasteiger charge is 2.48. The molecule has 0 aliphatic carbocycles. The summed E-state index contributed by atoms with van der Waals surface area (Å²) in [4.78, 5) is 19.8. The summed E-state index contributed by atoms with van der Waals surface area (Å²) >= 11 is 0. The molecule has 45 heavy (non-hydrogen) atoms. The van der Waals surface area contributed by atoms with Gasteiger partial charge in [0.25, 0.3) is 5.91 Å². The Hall–Kier alpha value is -4.64. The van der Waals surface area contributed by atoms with E-state index in [1.807, 2.05) is 45.0 Å². The van der Waals surface area contributed by atoms with E-state index in [4.69, 9.17) is 9.15 Å². The quantitative estimate of drug-likeness (QED) is 0.228. The molecule has 1 amide bonds. The number of carbonyl (C=O) groups is 1. The van der Waals surface area contributed by atoms with E-state index < -0.39 is 33.0 Å². The number of oxazole rings is 1. The molecule has 4 aromatic rings. The van der Waals surface area contributed by atoms with E-state index in [0.29, 0.717) is 0 Å². The summed E-state index contributed by atoms with van der Waals surface area (Å²) in [5.41, 5.74) is 1.78. The first-order valence-corrected chi connectivity index (χ1v) is 16.2. The van der Waals surface area contributed by atoms with Gasteiger partial charge < -0.3 is 19.6 Å². The zero-order valence-electron chi connectivity index (χ0n) is 25.6. The van der Waals surface area contributed by atoms with Crippen molar-refractivity contribution < 1.29 is 31.9 Å². The summed E-state index contributed by atoms with van der Waals surface area (Å²) in [5.74, 6) is -1.19. The first-order valence-electron chi connectivity index (χ1n) is 14.5. The Morgan fingerprint density at radius 1 is 1.13 bits per heavy atom. The van der Waals surface area contributed by atoms with Crippen LogP contribution in [-0.4, -0.2) is 30.2 Å². The van der Waals surface area contributed by atoms with E-state index in [2.05, 4.69) is 10.3 Å². The number of hydrogen-bond donors (Lipinski definition) is 2. The molecule has 234 valence electrons. The van der Waals surface area contributed by atoms with Crippen molar-refractivity contribution in [2.75, 3.05) is 16.0 Å². The second kappa shape index (κ2) is 11.1. The van der Waals surface area contributed by atoms with E-state index in [-0.39, 0.29) is 75.2 Å². The summed E-state index contributed by atoms with van der Waals surface area (Å²) in [7, 11) is -4.07. The minimum absolute atomic E-state index is 0.0529. The number of phenols is 1. The van der Waals surface area contributed by atoms with Crippen molar-refractivity contribution in [1.29, 1.82) is 0 Å². The van der Waals surface area contributed by atoms with E-state index in [0.717, 1.165) is 11.1 Å². The lowest BCUT2D eigenvalue weighted by molar-refractivity contribution is 0.0974. The highest BCUT2D eigenvalue weighted by atomic mass is 32.2. The van der Waals surface area contributed by atoms with Crippen molar-refractivity contribution >= 4 is 27.1 Å². The van der Waals surface area contributed by atoms with Gasteiger partial charge in [0.1, 0.15) is 41.4 Å². The lowest BCUT2D eigenvalue weighted by atomic mass is 9.88. The normalized spacial score (nSPS) is 18.4. The summed E-state index contributed by atoms with van der Waals surface area (Å²) < 4.78 is 56.1. The fraction of sp³-hybridized carbons (Fsp3) is 0.294. The first kappa shape index (κ1) is 30.4. The van der Waals surface area contributed by atoms with Crippen LogP contribution in [0.15, 0.2) is 75.7 Å². The molecule has 3 aromatic carbocycles. The van der Waals surface area contributed by atoms with Gasteiger partial charge in [-0.3, -0.25) is 9.69 Å². The molecular formula is C34H34FN3O6S. The number of nitrogens with one attached hydrogen (secondary N) is 1. The summed E-state index contributed by atoms with van der Waals surface area (Å²) in [6.07, 6.45) is 0.273. The highest BCUT2D eigenvalue weighted by Crippen LogP contribution is 2.52. The van der Waals surface area contributed by atoms with E-state index in [9.17, 15) is 18.3 Å². The highest BCUT2D eigenvalue weighted by molar-refractivity contribution is 7.95. The van der Waals surface area contributed by atoms with Gasteiger partial charge in [-0.25, -0.2) is 17.8 Å². The van der Waals surface area contributed by atoms with Crippen molar-refractivity contribution in [3.63, 3.8) is 0 Å². The van der Waals surface area contributed by atoms with Crippen LogP contribution in [0.2, 0.25) is 0 Å².